The van der Waals surface area contributed by atoms with Crippen LogP contribution in [0.15, 0.2) is 42.5 Å². The summed E-state index contributed by atoms with van der Waals surface area (Å²) in [5, 5.41) is 10.5. The van der Waals surface area contributed by atoms with Crippen LogP contribution in [-0.2, 0) is 5.41 Å². The van der Waals surface area contributed by atoms with Gasteiger partial charge in [0.1, 0.15) is 5.75 Å². The molecule has 0 saturated carbocycles. The Kier molecular flexibility index (Phi) is 3.67. The first-order valence-corrected chi connectivity index (χ1v) is 6.74. The topological polar surface area (TPSA) is 37.3 Å². The zero-order valence-electron chi connectivity index (χ0n) is 12.4. The fourth-order valence-electron chi connectivity index (χ4n) is 2.27. The molecule has 0 aliphatic rings. The zero-order chi connectivity index (χ0) is 14.9. The summed E-state index contributed by atoms with van der Waals surface area (Å²) in [6, 6.07) is 13.1. The molecule has 0 atom stereocenters. The standard InChI is InChI=1S/C18H20O2/c1-12(19)13-8-10-14(11-9-13)15-6-5-7-16(17(15)20)18(2,3)4/h5-11,20H,1-4H3. The van der Waals surface area contributed by atoms with Crippen molar-refractivity contribution >= 4 is 5.78 Å². The number of hydrogen-bond acceptors (Lipinski definition) is 2. The summed E-state index contributed by atoms with van der Waals surface area (Å²) in [6.45, 7) is 7.77. The highest BCUT2D eigenvalue weighted by molar-refractivity contribution is 5.94. The molecule has 0 spiro atoms. The molecule has 0 amide bonds. The van der Waals surface area contributed by atoms with Crippen LogP contribution in [0.5, 0.6) is 5.75 Å². The van der Waals surface area contributed by atoms with Crippen molar-refractivity contribution in [3.05, 3.63) is 53.6 Å². The zero-order valence-corrected chi connectivity index (χ0v) is 12.4. The van der Waals surface area contributed by atoms with Crippen LogP contribution in [-0.4, -0.2) is 10.9 Å². The molecule has 0 aliphatic carbocycles. The van der Waals surface area contributed by atoms with Crippen molar-refractivity contribution in [1.29, 1.82) is 0 Å². The maximum atomic E-state index is 11.3. The normalized spacial score (nSPS) is 11.4. The third-order valence-corrected chi connectivity index (χ3v) is 3.45. The number of aromatic hydroxyl groups is 1. The number of para-hydroxylation sites is 1. The molecule has 0 fully saturated rings. The molecule has 0 heterocycles. The minimum absolute atomic E-state index is 0.0456. The molecule has 0 saturated heterocycles. The van der Waals surface area contributed by atoms with Gasteiger partial charge in [0.15, 0.2) is 5.78 Å². The largest absolute Gasteiger partial charge is 0.507 e. The van der Waals surface area contributed by atoms with Gasteiger partial charge >= 0.3 is 0 Å². The van der Waals surface area contributed by atoms with Crippen LogP contribution < -0.4 is 0 Å². The second-order valence-electron chi connectivity index (χ2n) is 6.09. The Labute approximate surface area is 120 Å². The van der Waals surface area contributed by atoms with Gasteiger partial charge in [-0.2, -0.15) is 0 Å². The van der Waals surface area contributed by atoms with Gasteiger partial charge in [0.25, 0.3) is 0 Å². The SMILES string of the molecule is CC(=O)c1ccc(-c2cccc(C(C)(C)C)c2O)cc1. The van der Waals surface area contributed by atoms with Crippen molar-refractivity contribution in [3.63, 3.8) is 0 Å². The Morgan fingerprint density at radius 1 is 1.00 bits per heavy atom. The lowest BCUT2D eigenvalue weighted by Gasteiger charge is -2.22. The van der Waals surface area contributed by atoms with Gasteiger partial charge in [0.2, 0.25) is 0 Å². The summed E-state index contributed by atoms with van der Waals surface area (Å²) in [4.78, 5) is 11.3. The highest BCUT2D eigenvalue weighted by Crippen LogP contribution is 2.38. The predicted octanol–water partition coefficient (Wildman–Crippen LogP) is 4.56. The van der Waals surface area contributed by atoms with E-state index >= 15 is 0 Å². The van der Waals surface area contributed by atoms with E-state index in [1.807, 2.05) is 30.3 Å². The number of carbonyl (C=O) groups is 1. The fourth-order valence-corrected chi connectivity index (χ4v) is 2.27. The molecule has 0 bridgehead atoms. The van der Waals surface area contributed by atoms with E-state index < -0.39 is 0 Å². The lowest BCUT2D eigenvalue weighted by Crippen LogP contribution is -2.11. The maximum Gasteiger partial charge on any atom is 0.159 e. The van der Waals surface area contributed by atoms with Crippen molar-refractivity contribution < 1.29 is 9.90 Å². The number of phenols is 1. The molecular weight excluding hydrogens is 248 g/mol. The Bertz CT molecular complexity index is 631. The minimum Gasteiger partial charge on any atom is -0.507 e. The second kappa shape index (κ2) is 5.12. The van der Waals surface area contributed by atoms with E-state index in [-0.39, 0.29) is 11.2 Å². The van der Waals surface area contributed by atoms with Gasteiger partial charge in [-0.3, -0.25) is 4.79 Å². The van der Waals surface area contributed by atoms with E-state index in [0.717, 1.165) is 16.7 Å². The molecule has 2 heteroatoms. The number of rotatable bonds is 2. The lowest BCUT2D eigenvalue weighted by molar-refractivity contribution is 0.101. The molecule has 2 aromatic rings. The third kappa shape index (κ3) is 2.74. The van der Waals surface area contributed by atoms with E-state index in [1.54, 1.807) is 19.1 Å². The van der Waals surface area contributed by atoms with E-state index in [9.17, 15) is 9.90 Å². The van der Waals surface area contributed by atoms with Crippen LogP contribution >= 0.6 is 0 Å². The number of carbonyl (C=O) groups excluding carboxylic acids is 1. The quantitative estimate of drug-likeness (QED) is 0.811. The summed E-state index contributed by atoms with van der Waals surface area (Å²) >= 11 is 0. The summed E-state index contributed by atoms with van der Waals surface area (Å²) in [7, 11) is 0. The average Bonchev–Trinajstić information content (AvgIpc) is 2.37. The molecule has 0 aliphatic heterocycles. The van der Waals surface area contributed by atoms with Crippen molar-refractivity contribution in [3.8, 4) is 16.9 Å². The van der Waals surface area contributed by atoms with Gasteiger partial charge in [0, 0.05) is 11.1 Å². The average molecular weight is 268 g/mol. The Morgan fingerprint density at radius 3 is 2.10 bits per heavy atom. The lowest BCUT2D eigenvalue weighted by atomic mass is 9.84. The second-order valence-corrected chi connectivity index (χ2v) is 6.09. The van der Waals surface area contributed by atoms with E-state index in [1.165, 1.54) is 0 Å². The number of benzene rings is 2. The van der Waals surface area contributed by atoms with Crippen molar-refractivity contribution in [2.75, 3.05) is 0 Å². The van der Waals surface area contributed by atoms with Crippen LogP contribution in [0.2, 0.25) is 0 Å². The van der Waals surface area contributed by atoms with Crippen molar-refractivity contribution in [2.45, 2.75) is 33.1 Å². The van der Waals surface area contributed by atoms with Gasteiger partial charge in [-0.25, -0.2) is 0 Å². The van der Waals surface area contributed by atoms with Crippen LogP contribution in [0, 0.1) is 0 Å². The van der Waals surface area contributed by atoms with Gasteiger partial charge in [-0.15, -0.1) is 0 Å². The first-order chi connectivity index (χ1) is 9.30. The number of phenolic OH excluding ortho intramolecular Hbond substituents is 1. The van der Waals surface area contributed by atoms with Gasteiger partial charge in [-0.1, -0.05) is 63.2 Å². The molecule has 2 rings (SSSR count). The molecule has 2 aromatic carbocycles. The van der Waals surface area contributed by atoms with Gasteiger partial charge < -0.3 is 5.11 Å². The summed E-state index contributed by atoms with van der Waals surface area (Å²) < 4.78 is 0. The van der Waals surface area contributed by atoms with Crippen molar-refractivity contribution in [2.24, 2.45) is 0 Å². The Balaban J connectivity index is 2.51. The number of Topliss-reactive ketones (excluding diaryl/α,β-unsaturated/α-hetero) is 1. The highest BCUT2D eigenvalue weighted by atomic mass is 16.3. The monoisotopic (exact) mass is 268 g/mol. The molecule has 0 aromatic heterocycles. The summed E-state index contributed by atoms with van der Waals surface area (Å²) in [5.74, 6) is 0.361. The van der Waals surface area contributed by atoms with Gasteiger partial charge in [-0.05, 0) is 23.5 Å². The minimum atomic E-state index is -0.112. The van der Waals surface area contributed by atoms with E-state index in [4.69, 9.17) is 0 Å². The molecule has 2 nitrogen and oxygen atoms in total. The molecule has 0 unspecified atom stereocenters. The molecular formula is C18H20O2. The van der Waals surface area contributed by atoms with Crippen LogP contribution in [0.1, 0.15) is 43.6 Å². The van der Waals surface area contributed by atoms with Crippen molar-refractivity contribution in [1.82, 2.24) is 0 Å². The summed E-state index contributed by atoms with van der Waals surface area (Å²) in [5.41, 5.74) is 3.20. The number of hydrogen-bond donors (Lipinski definition) is 1. The van der Waals surface area contributed by atoms with Crippen LogP contribution in [0.25, 0.3) is 11.1 Å². The first-order valence-electron chi connectivity index (χ1n) is 6.74. The van der Waals surface area contributed by atoms with E-state index in [2.05, 4.69) is 20.8 Å². The summed E-state index contributed by atoms with van der Waals surface area (Å²) in [6.07, 6.45) is 0. The molecule has 20 heavy (non-hydrogen) atoms. The maximum absolute atomic E-state index is 11.3. The molecule has 104 valence electrons. The Hall–Kier alpha value is -2.09. The van der Waals surface area contributed by atoms with E-state index in [0.29, 0.717) is 11.3 Å². The van der Waals surface area contributed by atoms with Crippen LogP contribution in [0.3, 0.4) is 0 Å². The van der Waals surface area contributed by atoms with Gasteiger partial charge in [0.05, 0.1) is 0 Å². The first kappa shape index (κ1) is 14.3. The van der Waals surface area contributed by atoms with Crippen LogP contribution in [0.4, 0.5) is 0 Å². The Morgan fingerprint density at radius 2 is 1.60 bits per heavy atom. The fraction of sp³-hybridized carbons (Fsp3) is 0.278. The third-order valence-electron chi connectivity index (χ3n) is 3.45. The smallest absolute Gasteiger partial charge is 0.159 e. The molecule has 0 radical (unpaired) electrons. The number of ketones is 1. The predicted molar refractivity (Wildman–Crippen MR) is 82.2 cm³/mol. The molecule has 1 N–H and O–H groups in total. The highest BCUT2D eigenvalue weighted by Gasteiger charge is 2.20.